The first-order valence-corrected chi connectivity index (χ1v) is 4.33. The Morgan fingerprint density at radius 3 is 3.29 bits per heavy atom. The van der Waals surface area contributed by atoms with Gasteiger partial charge in [0, 0.05) is 18.3 Å². The third-order valence-corrected chi connectivity index (χ3v) is 2.32. The number of hydrogen-bond acceptors (Lipinski definition) is 5. The number of hydrogen-bond donors (Lipinski definition) is 1. The van der Waals surface area contributed by atoms with Gasteiger partial charge in [0.15, 0.2) is 0 Å². The highest BCUT2D eigenvalue weighted by Gasteiger charge is 2.22. The topological polar surface area (TPSA) is 82.5 Å². The molecular formula is C8H8N6. The molecule has 0 spiro atoms. The molecule has 14 heavy (non-hydrogen) atoms. The normalized spacial score (nSPS) is 12.6. The fourth-order valence-corrected chi connectivity index (χ4v) is 1.64. The van der Waals surface area contributed by atoms with Crippen LogP contribution in [0, 0.1) is 0 Å². The van der Waals surface area contributed by atoms with Gasteiger partial charge in [-0.05, 0) is 22.1 Å². The van der Waals surface area contributed by atoms with Crippen LogP contribution in [-0.2, 0) is 13.1 Å². The lowest BCUT2D eigenvalue weighted by Crippen LogP contribution is -1.99. The predicted octanol–water partition coefficient (Wildman–Crippen LogP) is -0.445. The maximum atomic E-state index is 5.53. The molecule has 0 fully saturated rings. The van der Waals surface area contributed by atoms with Crippen LogP contribution in [0.3, 0.4) is 0 Å². The first-order valence-electron chi connectivity index (χ1n) is 4.33. The molecule has 0 aromatic carbocycles. The van der Waals surface area contributed by atoms with Crippen molar-refractivity contribution in [3.8, 4) is 11.5 Å². The van der Waals surface area contributed by atoms with Crippen molar-refractivity contribution in [1.82, 2.24) is 25.2 Å². The van der Waals surface area contributed by atoms with Gasteiger partial charge in [-0.15, -0.1) is 5.10 Å². The molecular weight excluding hydrogens is 180 g/mol. The van der Waals surface area contributed by atoms with E-state index in [1.165, 1.54) is 0 Å². The molecule has 6 heteroatoms. The minimum atomic E-state index is 0.508. The lowest BCUT2D eigenvalue weighted by atomic mass is 10.1. The Balaban J connectivity index is 2.18. The van der Waals surface area contributed by atoms with E-state index >= 15 is 0 Å². The van der Waals surface area contributed by atoms with Crippen molar-refractivity contribution in [2.45, 2.75) is 13.1 Å². The van der Waals surface area contributed by atoms with Crippen LogP contribution >= 0.6 is 0 Å². The zero-order chi connectivity index (χ0) is 9.54. The lowest BCUT2D eigenvalue weighted by molar-refractivity contribution is 0.670. The molecule has 3 heterocycles. The fourth-order valence-electron chi connectivity index (χ4n) is 1.64. The molecule has 0 saturated carbocycles. The molecule has 0 aliphatic carbocycles. The summed E-state index contributed by atoms with van der Waals surface area (Å²) in [6.07, 6.45) is 1.77. The Labute approximate surface area is 79.8 Å². The summed E-state index contributed by atoms with van der Waals surface area (Å²) in [4.78, 5) is 4.30. The van der Waals surface area contributed by atoms with Crippen LogP contribution in [0.4, 0.5) is 0 Å². The van der Waals surface area contributed by atoms with Crippen molar-refractivity contribution in [2.75, 3.05) is 0 Å². The van der Waals surface area contributed by atoms with Crippen LogP contribution in [0.25, 0.3) is 11.5 Å². The highest BCUT2D eigenvalue weighted by Crippen LogP contribution is 2.26. The number of fused-ring (bicyclic) bond motifs is 3. The van der Waals surface area contributed by atoms with Crippen LogP contribution in [0.5, 0.6) is 0 Å². The summed E-state index contributed by atoms with van der Waals surface area (Å²) in [5.74, 6) is 0.739. The quantitative estimate of drug-likeness (QED) is 0.559. The second-order valence-corrected chi connectivity index (χ2v) is 3.22. The smallest absolute Gasteiger partial charge is 0.201 e. The second-order valence-electron chi connectivity index (χ2n) is 3.22. The molecule has 2 aromatic heterocycles. The van der Waals surface area contributed by atoms with Crippen LogP contribution in [0.1, 0.15) is 11.1 Å². The molecule has 0 unspecified atom stereocenters. The van der Waals surface area contributed by atoms with E-state index in [0.717, 1.165) is 22.6 Å². The Hall–Kier alpha value is -1.82. The van der Waals surface area contributed by atoms with Crippen molar-refractivity contribution >= 4 is 0 Å². The number of aromatic nitrogens is 5. The number of nitrogens with two attached hydrogens (primary N) is 1. The fraction of sp³-hybridized carbons (Fsp3) is 0.250. The summed E-state index contributed by atoms with van der Waals surface area (Å²) in [6, 6.07) is 2.04. The molecule has 1 aliphatic heterocycles. The van der Waals surface area contributed by atoms with Crippen LogP contribution in [-0.4, -0.2) is 25.2 Å². The Morgan fingerprint density at radius 1 is 1.50 bits per heavy atom. The molecule has 70 valence electrons. The van der Waals surface area contributed by atoms with Gasteiger partial charge in [-0.25, -0.2) is 4.68 Å². The van der Waals surface area contributed by atoms with Gasteiger partial charge in [0.2, 0.25) is 5.82 Å². The Bertz CT molecular complexity index is 488. The largest absolute Gasteiger partial charge is 0.326 e. The van der Waals surface area contributed by atoms with Crippen molar-refractivity contribution in [3.05, 3.63) is 23.4 Å². The van der Waals surface area contributed by atoms with Gasteiger partial charge in [0.05, 0.1) is 6.54 Å². The van der Waals surface area contributed by atoms with E-state index in [1.807, 2.05) is 6.07 Å². The summed E-state index contributed by atoms with van der Waals surface area (Å²) < 4.78 is 1.73. The van der Waals surface area contributed by atoms with Gasteiger partial charge in [0.1, 0.15) is 5.69 Å². The molecule has 0 amide bonds. The van der Waals surface area contributed by atoms with E-state index in [0.29, 0.717) is 13.1 Å². The molecule has 0 saturated heterocycles. The summed E-state index contributed by atoms with van der Waals surface area (Å²) >= 11 is 0. The third-order valence-electron chi connectivity index (χ3n) is 2.32. The molecule has 6 nitrogen and oxygen atoms in total. The summed E-state index contributed by atoms with van der Waals surface area (Å²) in [7, 11) is 0. The second kappa shape index (κ2) is 2.58. The Morgan fingerprint density at radius 2 is 2.43 bits per heavy atom. The molecule has 0 bridgehead atoms. The van der Waals surface area contributed by atoms with Crippen LogP contribution in [0.15, 0.2) is 12.3 Å². The minimum Gasteiger partial charge on any atom is -0.326 e. The number of nitrogens with zero attached hydrogens (tertiary/aromatic N) is 5. The average molecular weight is 188 g/mol. The van der Waals surface area contributed by atoms with Gasteiger partial charge in [0.25, 0.3) is 0 Å². The van der Waals surface area contributed by atoms with Crippen molar-refractivity contribution in [3.63, 3.8) is 0 Å². The number of tetrazole rings is 1. The van der Waals surface area contributed by atoms with E-state index in [4.69, 9.17) is 5.73 Å². The van der Waals surface area contributed by atoms with E-state index in [9.17, 15) is 0 Å². The number of pyridine rings is 1. The van der Waals surface area contributed by atoms with Gasteiger partial charge >= 0.3 is 0 Å². The van der Waals surface area contributed by atoms with Crippen molar-refractivity contribution in [2.24, 2.45) is 5.73 Å². The van der Waals surface area contributed by atoms with Gasteiger partial charge < -0.3 is 5.73 Å². The zero-order valence-corrected chi connectivity index (χ0v) is 7.38. The Kier molecular flexibility index (Phi) is 1.40. The molecule has 1 aliphatic rings. The molecule has 2 N–H and O–H groups in total. The highest BCUT2D eigenvalue weighted by molar-refractivity contribution is 5.58. The zero-order valence-electron chi connectivity index (χ0n) is 7.38. The summed E-state index contributed by atoms with van der Waals surface area (Å²) in [5.41, 5.74) is 8.55. The average Bonchev–Trinajstić information content (AvgIpc) is 2.75. The van der Waals surface area contributed by atoms with Gasteiger partial charge in [-0.1, -0.05) is 0 Å². The highest BCUT2D eigenvalue weighted by atomic mass is 15.5. The van der Waals surface area contributed by atoms with Crippen LogP contribution in [0.2, 0.25) is 0 Å². The summed E-state index contributed by atoms with van der Waals surface area (Å²) in [6.45, 7) is 1.20. The van der Waals surface area contributed by atoms with Crippen molar-refractivity contribution in [1.29, 1.82) is 0 Å². The van der Waals surface area contributed by atoms with Crippen molar-refractivity contribution < 1.29 is 0 Å². The standard InChI is InChI=1S/C8H8N6/c9-2-5-1-6-4-14-8(11-12-13-14)7(6)10-3-5/h1,3H,2,4,9H2. The predicted molar refractivity (Wildman–Crippen MR) is 48.0 cm³/mol. The first-order chi connectivity index (χ1) is 6.88. The summed E-state index contributed by atoms with van der Waals surface area (Å²) in [5, 5.41) is 11.3. The monoisotopic (exact) mass is 188 g/mol. The molecule has 0 radical (unpaired) electrons. The minimum absolute atomic E-state index is 0.508. The first kappa shape index (κ1) is 7.57. The van der Waals surface area contributed by atoms with E-state index < -0.39 is 0 Å². The molecule has 3 rings (SSSR count). The van der Waals surface area contributed by atoms with Crippen LogP contribution < -0.4 is 5.73 Å². The molecule has 0 atom stereocenters. The third kappa shape index (κ3) is 0.882. The van der Waals surface area contributed by atoms with E-state index in [2.05, 4.69) is 20.5 Å². The van der Waals surface area contributed by atoms with Gasteiger partial charge in [-0.2, -0.15) is 0 Å². The van der Waals surface area contributed by atoms with E-state index in [1.54, 1.807) is 10.9 Å². The maximum absolute atomic E-state index is 5.53. The number of rotatable bonds is 1. The van der Waals surface area contributed by atoms with E-state index in [-0.39, 0.29) is 0 Å². The van der Waals surface area contributed by atoms with Gasteiger partial charge in [-0.3, -0.25) is 4.98 Å². The molecule has 2 aromatic rings. The SMILES string of the molecule is NCc1cnc2c(c1)Cn1nnnc1-2. The lowest BCUT2D eigenvalue weighted by Gasteiger charge is -1.99. The maximum Gasteiger partial charge on any atom is 0.201 e.